The fraction of sp³-hybridized carbons (Fsp3) is 0.750. The lowest BCUT2D eigenvalue weighted by atomic mass is 10.6. The molecule has 46 valence electrons. The van der Waals surface area contributed by atoms with Gasteiger partial charge in [-0.25, -0.2) is 5.84 Å². The molecule has 0 fully saturated rings. The molecule has 0 spiro atoms. The Hall–Kier alpha value is -0.610. The third-order valence-electron chi connectivity index (χ3n) is 1.20. The standard InChI is InChI=1S/C4H10N4/c1-4-6-3-7(2)8(4)5/h3-4H,5H2,1-2H3. The zero-order valence-corrected chi connectivity index (χ0v) is 5.07. The summed E-state index contributed by atoms with van der Waals surface area (Å²) in [4.78, 5) is 4.00. The van der Waals surface area contributed by atoms with Crippen molar-refractivity contribution in [3.63, 3.8) is 0 Å². The van der Waals surface area contributed by atoms with E-state index in [0.29, 0.717) is 0 Å². The van der Waals surface area contributed by atoms with Crippen molar-refractivity contribution in [2.24, 2.45) is 10.8 Å². The van der Waals surface area contributed by atoms with Gasteiger partial charge in [0.1, 0.15) is 12.5 Å². The van der Waals surface area contributed by atoms with Crippen molar-refractivity contribution in [1.82, 2.24) is 10.1 Å². The van der Waals surface area contributed by atoms with Crippen LogP contribution in [0, 0.1) is 0 Å². The van der Waals surface area contributed by atoms with Crippen LogP contribution in [-0.4, -0.2) is 29.7 Å². The number of hydrazine groups is 2. The van der Waals surface area contributed by atoms with Crippen LogP contribution in [0.1, 0.15) is 6.92 Å². The molecule has 0 aromatic rings. The van der Waals surface area contributed by atoms with Gasteiger partial charge in [0.2, 0.25) is 0 Å². The third kappa shape index (κ3) is 0.677. The molecule has 0 aromatic heterocycles. The molecule has 0 radical (unpaired) electrons. The Bertz CT molecular complexity index is 98.6. The SMILES string of the molecule is CC1N=CN(C)N1N. The maximum atomic E-state index is 5.46. The molecule has 4 nitrogen and oxygen atoms in total. The van der Waals surface area contributed by atoms with Crippen LogP contribution in [0.15, 0.2) is 4.99 Å². The Balaban J connectivity index is 2.55. The number of aliphatic imine (C=N–C) groups is 1. The first-order valence-electron chi connectivity index (χ1n) is 2.52. The molecule has 1 heterocycles. The zero-order valence-electron chi connectivity index (χ0n) is 5.07. The van der Waals surface area contributed by atoms with Gasteiger partial charge in [-0.1, -0.05) is 0 Å². The second-order valence-corrected chi connectivity index (χ2v) is 1.85. The van der Waals surface area contributed by atoms with Gasteiger partial charge in [-0.15, -0.1) is 5.12 Å². The van der Waals surface area contributed by atoms with Crippen molar-refractivity contribution in [3.05, 3.63) is 0 Å². The first-order valence-corrected chi connectivity index (χ1v) is 2.52. The molecule has 4 heteroatoms. The second-order valence-electron chi connectivity index (χ2n) is 1.85. The van der Waals surface area contributed by atoms with Gasteiger partial charge in [0, 0.05) is 7.05 Å². The first kappa shape index (κ1) is 5.53. The van der Waals surface area contributed by atoms with Gasteiger partial charge < -0.3 is 0 Å². The molecule has 0 bridgehead atoms. The third-order valence-corrected chi connectivity index (χ3v) is 1.20. The van der Waals surface area contributed by atoms with E-state index in [4.69, 9.17) is 5.84 Å². The summed E-state index contributed by atoms with van der Waals surface area (Å²) in [5, 5.41) is 3.30. The van der Waals surface area contributed by atoms with Crippen LogP contribution in [0.25, 0.3) is 0 Å². The Kier molecular flexibility index (Phi) is 1.19. The van der Waals surface area contributed by atoms with Gasteiger partial charge in [-0.05, 0) is 6.92 Å². The predicted octanol–water partition coefficient (Wildman–Crippen LogP) is -0.603. The Morgan fingerprint density at radius 2 is 2.38 bits per heavy atom. The highest BCUT2D eigenvalue weighted by molar-refractivity contribution is 5.55. The molecule has 0 aliphatic carbocycles. The normalized spacial score (nSPS) is 29.9. The minimum atomic E-state index is 0.0972. The smallest absolute Gasteiger partial charge is 0.133 e. The lowest BCUT2D eigenvalue weighted by Crippen LogP contribution is -2.44. The summed E-state index contributed by atoms with van der Waals surface area (Å²) in [5.74, 6) is 5.46. The van der Waals surface area contributed by atoms with Crippen molar-refractivity contribution in [2.75, 3.05) is 7.05 Å². The number of nitrogens with two attached hydrogens (primary N) is 1. The van der Waals surface area contributed by atoms with E-state index in [1.165, 1.54) is 0 Å². The average molecular weight is 114 g/mol. The van der Waals surface area contributed by atoms with E-state index in [9.17, 15) is 0 Å². The van der Waals surface area contributed by atoms with E-state index in [0.717, 1.165) is 0 Å². The Morgan fingerprint density at radius 1 is 1.75 bits per heavy atom. The van der Waals surface area contributed by atoms with Gasteiger partial charge in [0.05, 0.1) is 0 Å². The average Bonchev–Trinajstić information content (AvgIpc) is 1.98. The highest BCUT2D eigenvalue weighted by atomic mass is 15.8. The van der Waals surface area contributed by atoms with Gasteiger partial charge in [-0.2, -0.15) is 0 Å². The van der Waals surface area contributed by atoms with Crippen molar-refractivity contribution in [2.45, 2.75) is 13.1 Å². The maximum Gasteiger partial charge on any atom is 0.133 e. The molecule has 1 aliphatic rings. The van der Waals surface area contributed by atoms with E-state index in [2.05, 4.69) is 4.99 Å². The van der Waals surface area contributed by atoms with Gasteiger partial charge in [0.15, 0.2) is 0 Å². The van der Waals surface area contributed by atoms with Crippen LogP contribution < -0.4 is 5.84 Å². The summed E-state index contributed by atoms with van der Waals surface area (Å²) in [6.07, 6.45) is 1.80. The fourth-order valence-corrected chi connectivity index (χ4v) is 0.584. The van der Waals surface area contributed by atoms with E-state index >= 15 is 0 Å². The van der Waals surface area contributed by atoms with E-state index in [-0.39, 0.29) is 6.17 Å². The molecule has 1 unspecified atom stereocenters. The number of rotatable bonds is 0. The largest absolute Gasteiger partial charge is 0.284 e. The van der Waals surface area contributed by atoms with E-state index in [1.54, 1.807) is 16.5 Å². The summed E-state index contributed by atoms with van der Waals surface area (Å²) in [6, 6.07) is 0. The zero-order chi connectivity index (χ0) is 6.15. The first-order chi connectivity index (χ1) is 3.72. The molecular weight excluding hydrogens is 104 g/mol. The topological polar surface area (TPSA) is 44.9 Å². The molecule has 0 aromatic carbocycles. The monoisotopic (exact) mass is 114 g/mol. The molecular formula is C4H10N4. The van der Waals surface area contributed by atoms with Gasteiger partial charge >= 0.3 is 0 Å². The summed E-state index contributed by atoms with van der Waals surface area (Å²) >= 11 is 0. The van der Waals surface area contributed by atoms with Crippen molar-refractivity contribution >= 4 is 6.34 Å². The maximum absolute atomic E-state index is 5.46. The number of hydrogen-bond donors (Lipinski definition) is 1. The van der Waals surface area contributed by atoms with Crippen LogP contribution in [-0.2, 0) is 0 Å². The molecule has 1 aliphatic heterocycles. The van der Waals surface area contributed by atoms with Crippen molar-refractivity contribution in [3.8, 4) is 0 Å². The van der Waals surface area contributed by atoms with Crippen LogP contribution in [0.5, 0.6) is 0 Å². The summed E-state index contributed by atoms with van der Waals surface area (Å²) < 4.78 is 0. The summed E-state index contributed by atoms with van der Waals surface area (Å²) in [5.41, 5.74) is 0. The minimum Gasteiger partial charge on any atom is -0.284 e. The van der Waals surface area contributed by atoms with Crippen molar-refractivity contribution < 1.29 is 0 Å². The number of nitrogens with zero attached hydrogens (tertiary/aromatic N) is 3. The summed E-state index contributed by atoms with van der Waals surface area (Å²) in [6.45, 7) is 1.93. The molecule has 0 saturated carbocycles. The molecule has 0 saturated heterocycles. The lowest BCUT2D eigenvalue weighted by Gasteiger charge is -2.20. The van der Waals surface area contributed by atoms with Crippen molar-refractivity contribution in [1.29, 1.82) is 0 Å². The molecule has 1 rings (SSSR count). The molecule has 8 heavy (non-hydrogen) atoms. The lowest BCUT2D eigenvalue weighted by molar-refractivity contribution is 0.0590. The van der Waals surface area contributed by atoms with Gasteiger partial charge in [-0.3, -0.25) is 10.0 Å². The second kappa shape index (κ2) is 1.72. The quantitative estimate of drug-likeness (QED) is 0.427. The Labute approximate surface area is 48.5 Å². The fourth-order valence-electron chi connectivity index (χ4n) is 0.584. The molecule has 2 N–H and O–H groups in total. The number of hydrogen-bond acceptors (Lipinski definition) is 4. The highest BCUT2D eigenvalue weighted by Gasteiger charge is 2.15. The van der Waals surface area contributed by atoms with Crippen LogP contribution in [0.3, 0.4) is 0 Å². The van der Waals surface area contributed by atoms with E-state index < -0.39 is 0 Å². The Morgan fingerprint density at radius 3 is 2.50 bits per heavy atom. The van der Waals surface area contributed by atoms with Crippen LogP contribution in [0.2, 0.25) is 0 Å². The van der Waals surface area contributed by atoms with Crippen LogP contribution >= 0.6 is 0 Å². The van der Waals surface area contributed by atoms with E-state index in [1.807, 2.05) is 14.0 Å². The van der Waals surface area contributed by atoms with Gasteiger partial charge in [0.25, 0.3) is 0 Å². The minimum absolute atomic E-state index is 0.0972. The van der Waals surface area contributed by atoms with Crippen LogP contribution in [0.4, 0.5) is 0 Å². The summed E-state index contributed by atoms with van der Waals surface area (Å²) in [7, 11) is 1.85. The highest BCUT2D eigenvalue weighted by Crippen LogP contribution is 2.01. The molecule has 0 amide bonds. The molecule has 1 atom stereocenters. The predicted molar refractivity (Wildman–Crippen MR) is 31.7 cm³/mol.